The first-order valence-corrected chi connectivity index (χ1v) is 6.47. The Hall–Kier alpha value is -2.47. The van der Waals surface area contributed by atoms with Gasteiger partial charge in [-0.15, -0.1) is 0 Å². The third-order valence-corrected chi connectivity index (χ3v) is 2.54. The first-order valence-electron chi connectivity index (χ1n) is 6.47. The van der Waals surface area contributed by atoms with Crippen LogP contribution in [0.15, 0.2) is 36.0 Å². The summed E-state index contributed by atoms with van der Waals surface area (Å²) in [6.07, 6.45) is 1.55. The average molecular weight is 289 g/mol. The Morgan fingerprint density at radius 1 is 1.24 bits per heavy atom. The number of imide groups is 1. The molecule has 1 aromatic rings. The largest absolute Gasteiger partial charge is 0.323 e. The van der Waals surface area contributed by atoms with Gasteiger partial charge in [-0.2, -0.15) is 0 Å². The molecule has 6 heteroatoms. The van der Waals surface area contributed by atoms with E-state index in [0.29, 0.717) is 0 Å². The summed E-state index contributed by atoms with van der Waals surface area (Å²) in [6, 6.07) is 9.11. The highest BCUT2D eigenvalue weighted by Crippen LogP contribution is 2.11. The number of nitrogens with zero attached hydrogens (tertiary/aromatic N) is 1. The molecule has 2 N–H and O–H groups in total. The molecule has 1 aliphatic rings. The van der Waals surface area contributed by atoms with Crippen LogP contribution in [0.4, 0.5) is 0 Å². The van der Waals surface area contributed by atoms with Gasteiger partial charge in [-0.3, -0.25) is 19.3 Å². The van der Waals surface area contributed by atoms with E-state index in [-0.39, 0.29) is 18.1 Å². The minimum atomic E-state index is -0.481. The van der Waals surface area contributed by atoms with Gasteiger partial charge < -0.3 is 10.6 Å². The zero-order valence-electron chi connectivity index (χ0n) is 12.3. The van der Waals surface area contributed by atoms with Crippen molar-refractivity contribution in [3.63, 3.8) is 0 Å². The summed E-state index contributed by atoms with van der Waals surface area (Å²) in [4.78, 5) is 35.5. The standard InChI is InChI=1S/C13H12N2O3.C2H7N/c1-9(16)15-8-12(17)14-11(13(15)18)7-10-5-3-2-4-6-10;1-3-2/h2-7H,8H2,1H3,(H,14,17);3H,1-2H3. The predicted octanol–water partition coefficient (Wildman–Crippen LogP) is 0.368. The van der Waals surface area contributed by atoms with Crippen LogP contribution in [-0.2, 0) is 14.4 Å². The maximum absolute atomic E-state index is 11.9. The maximum atomic E-state index is 11.9. The molecule has 1 saturated heterocycles. The maximum Gasteiger partial charge on any atom is 0.277 e. The highest BCUT2D eigenvalue weighted by atomic mass is 16.2. The molecular weight excluding hydrogens is 270 g/mol. The minimum Gasteiger partial charge on any atom is -0.323 e. The SMILES string of the molecule is CC(=O)N1CC(=O)NC(=Cc2ccccc2)C1=O.CNC. The molecule has 0 atom stereocenters. The monoisotopic (exact) mass is 289 g/mol. The number of carbonyl (C=O) groups is 3. The molecule has 2 rings (SSSR count). The summed E-state index contributed by atoms with van der Waals surface area (Å²) >= 11 is 0. The molecule has 0 bridgehead atoms. The van der Waals surface area contributed by atoms with Crippen molar-refractivity contribution in [1.82, 2.24) is 15.5 Å². The molecule has 1 aromatic carbocycles. The van der Waals surface area contributed by atoms with Crippen LogP contribution in [0.25, 0.3) is 6.08 Å². The zero-order valence-corrected chi connectivity index (χ0v) is 12.3. The van der Waals surface area contributed by atoms with Crippen LogP contribution < -0.4 is 10.6 Å². The van der Waals surface area contributed by atoms with E-state index in [0.717, 1.165) is 10.5 Å². The van der Waals surface area contributed by atoms with E-state index in [9.17, 15) is 14.4 Å². The van der Waals surface area contributed by atoms with Gasteiger partial charge in [0.15, 0.2) is 0 Å². The number of hydrogen-bond acceptors (Lipinski definition) is 4. The Balaban J connectivity index is 0.000000677. The third kappa shape index (κ3) is 4.85. The van der Waals surface area contributed by atoms with Gasteiger partial charge in [0, 0.05) is 6.92 Å². The lowest BCUT2D eigenvalue weighted by Gasteiger charge is -2.25. The fraction of sp³-hybridized carbons (Fsp3) is 0.267. The number of piperazine rings is 1. The first-order chi connectivity index (χ1) is 9.99. The molecule has 1 heterocycles. The first kappa shape index (κ1) is 16.6. The van der Waals surface area contributed by atoms with Crippen molar-refractivity contribution in [1.29, 1.82) is 0 Å². The summed E-state index contributed by atoms with van der Waals surface area (Å²) in [5, 5.41) is 5.23. The van der Waals surface area contributed by atoms with Crippen LogP contribution in [0.2, 0.25) is 0 Å². The van der Waals surface area contributed by atoms with Crippen molar-refractivity contribution in [2.45, 2.75) is 6.92 Å². The lowest BCUT2D eigenvalue weighted by Crippen LogP contribution is -2.51. The zero-order chi connectivity index (χ0) is 15.8. The molecule has 1 fully saturated rings. The summed E-state index contributed by atoms with van der Waals surface area (Å²) in [6.45, 7) is 1.04. The Labute approximate surface area is 123 Å². The molecule has 0 unspecified atom stereocenters. The highest BCUT2D eigenvalue weighted by Gasteiger charge is 2.30. The van der Waals surface area contributed by atoms with E-state index < -0.39 is 11.8 Å². The van der Waals surface area contributed by atoms with Crippen molar-refractivity contribution < 1.29 is 14.4 Å². The molecule has 0 spiro atoms. The molecule has 0 saturated carbocycles. The average Bonchev–Trinajstić information content (AvgIpc) is 2.44. The number of amides is 3. The Morgan fingerprint density at radius 2 is 1.81 bits per heavy atom. The van der Waals surface area contributed by atoms with Gasteiger partial charge in [-0.1, -0.05) is 30.3 Å². The second-order valence-electron chi connectivity index (χ2n) is 4.43. The van der Waals surface area contributed by atoms with Crippen molar-refractivity contribution in [3.05, 3.63) is 41.6 Å². The third-order valence-electron chi connectivity index (χ3n) is 2.54. The topological polar surface area (TPSA) is 78.5 Å². The summed E-state index contributed by atoms with van der Waals surface area (Å²) in [5.74, 6) is -1.29. The minimum absolute atomic E-state index is 0.118. The molecule has 0 aromatic heterocycles. The second-order valence-corrected chi connectivity index (χ2v) is 4.43. The van der Waals surface area contributed by atoms with E-state index in [1.165, 1.54) is 6.92 Å². The number of rotatable bonds is 1. The normalized spacial score (nSPS) is 16.1. The van der Waals surface area contributed by atoms with Crippen molar-refractivity contribution >= 4 is 23.8 Å². The molecule has 21 heavy (non-hydrogen) atoms. The number of nitrogens with one attached hydrogen (secondary N) is 2. The Morgan fingerprint density at radius 3 is 2.33 bits per heavy atom. The molecule has 1 aliphatic heterocycles. The second kappa shape index (κ2) is 7.96. The molecule has 6 nitrogen and oxygen atoms in total. The smallest absolute Gasteiger partial charge is 0.277 e. The van der Waals surface area contributed by atoms with Crippen LogP contribution in [0.1, 0.15) is 12.5 Å². The van der Waals surface area contributed by atoms with Crippen LogP contribution in [0, 0.1) is 0 Å². The highest BCUT2D eigenvalue weighted by molar-refractivity contribution is 6.12. The van der Waals surface area contributed by atoms with Gasteiger partial charge >= 0.3 is 0 Å². The molecule has 3 amide bonds. The fourth-order valence-electron chi connectivity index (χ4n) is 1.67. The number of hydrogen-bond donors (Lipinski definition) is 2. The van der Waals surface area contributed by atoms with Crippen LogP contribution in [-0.4, -0.2) is 43.3 Å². The van der Waals surface area contributed by atoms with E-state index in [2.05, 4.69) is 10.6 Å². The Bertz CT molecular complexity index is 553. The van der Waals surface area contributed by atoms with Crippen molar-refractivity contribution in [3.8, 4) is 0 Å². The summed E-state index contributed by atoms with van der Waals surface area (Å²) < 4.78 is 0. The van der Waals surface area contributed by atoms with Gasteiger partial charge in [0.05, 0.1) is 0 Å². The van der Waals surface area contributed by atoms with E-state index in [1.54, 1.807) is 18.2 Å². The number of carbonyl (C=O) groups excluding carboxylic acids is 3. The summed E-state index contributed by atoms with van der Waals surface area (Å²) in [5.41, 5.74) is 0.902. The van der Waals surface area contributed by atoms with Crippen molar-refractivity contribution in [2.75, 3.05) is 20.6 Å². The molecule has 0 aliphatic carbocycles. The van der Waals surface area contributed by atoms with Gasteiger partial charge in [-0.05, 0) is 25.7 Å². The van der Waals surface area contributed by atoms with Crippen LogP contribution >= 0.6 is 0 Å². The van der Waals surface area contributed by atoms with Crippen LogP contribution in [0.5, 0.6) is 0 Å². The quantitative estimate of drug-likeness (QED) is 0.732. The number of benzene rings is 1. The molecule has 0 radical (unpaired) electrons. The van der Waals surface area contributed by atoms with Gasteiger partial charge in [0.2, 0.25) is 11.8 Å². The predicted molar refractivity (Wildman–Crippen MR) is 79.9 cm³/mol. The van der Waals surface area contributed by atoms with Crippen LogP contribution in [0.3, 0.4) is 0 Å². The molecular formula is C15H19N3O3. The lowest BCUT2D eigenvalue weighted by atomic mass is 10.1. The van der Waals surface area contributed by atoms with Crippen molar-refractivity contribution in [2.24, 2.45) is 0 Å². The van der Waals surface area contributed by atoms with Gasteiger partial charge in [0.1, 0.15) is 12.2 Å². The molecule has 112 valence electrons. The summed E-state index contributed by atoms with van der Waals surface area (Å²) in [7, 11) is 3.75. The van der Waals surface area contributed by atoms with Gasteiger partial charge in [0.25, 0.3) is 5.91 Å². The fourth-order valence-corrected chi connectivity index (χ4v) is 1.67. The van der Waals surface area contributed by atoms with E-state index in [4.69, 9.17) is 0 Å². The van der Waals surface area contributed by atoms with E-state index >= 15 is 0 Å². The lowest BCUT2D eigenvalue weighted by molar-refractivity contribution is -0.147. The Kier molecular flexibility index (Phi) is 6.29. The van der Waals surface area contributed by atoms with E-state index in [1.807, 2.05) is 32.3 Å². The van der Waals surface area contributed by atoms with Gasteiger partial charge in [-0.25, -0.2) is 0 Å².